The number of aliphatic hydroxyl groups is 1. The number of nitrogens with one attached hydrogen (secondary N) is 2. The number of rotatable bonds is 7. The number of aliphatic hydroxyl groups excluding tert-OH is 1. The van der Waals surface area contributed by atoms with Crippen LogP contribution in [0.5, 0.6) is 0 Å². The van der Waals surface area contributed by atoms with Gasteiger partial charge in [0.05, 0.1) is 0 Å². The number of carbonyl (C=O) groups is 1. The van der Waals surface area contributed by atoms with Crippen LogP contribution < -0.4 is 10.6 Å². The fourth-order valence-corrected chi connectivity index (χ4v) is 2.91. The number of urea groups is 1. The average Bonchev–Trinajstić information content (AvgIpc) is 2.55. The quantitative estimate of drug-likeness (QED) is 0.669. The summed E-state index contributed by atoms with van der Waals surface area (Å²) >= 11 is 0. The summed E-state index contributed by atoms with van der Waals surface area (Å²) in [6.07, 6.45) is 2.68. The molecule has 1 aromatic carbocycles. The second-order valence-electron chi connectivity index (χ2n) is 5.77. The fourth-order valence-electron chi connectivity index (χ4n) is 2.91. The topological polar surface area (TPSA) is 64.6 Å². The van der Waals surface area contributed by atoms with E-state index < -0.39 is 0 Å². The van der Waals surface area contributed by atoms with Crippen LogP contribution in [0.2, 0.25) is 0 Å². The van der Waals surface area contributed by atoms with Crippen molar-refractivity contribution in [2.45, 2.75) is 38.8 Å². The molecule has 0 fully saturated rings. The molecule has 122 valence electrons. The maximum absolute atomic E-state index is 11.7. The van der Waals surface area contributed by atoms with Crippen LogP contribution >= 0.6 is 0 Å². The third-order valence-electron chi connectivity index (χ3n) is 4.27. The van der Waals surface area contributed by atoms with Crippen molar-refractivity contribution in [3.63, 3.8) is 0 Å². The lowest BCUT2D eigenvalue weighted by Gasteiger charge is -2.35. The summed E-state index contributed by atoms with van der Waals surface area (Å²) in [6.45, 7) is 5.44. The average molecular weight is 305 g/mol. The molecule has 5 nitrogen and oxygen atoms in total. The van der Waals surface area contributed by atoms with Gasteiger partial charge in [0.25, 0.3) is 0 Å². The molecule has 0 saturated carbocycles. The van der Waals surface area contributed by atoms with E-state index in [1.165, 1.54) is 11.1 Å². The van der Waals surface area contributed by atoms with Gasteiger partial charge in [-0.1, -0.05) is 31.2 Å². The number of hydrogen-bond donors (Lipinski definition) is 3. The van der Waals surface area contributed by atoms with E-state index in [-0.39, 0.29) is 12.6 Å². The Bertz CT molecular complexity index is 479. The van der Waals surface area contributed by atoms with Crippen LogP contribution in [0.4, 0.5) is 4.79 Å². The van der Waals surface area contributed by atoms with Gasteiger partial charge in [-0.2, -0.15) is 0 Å². The predicted octanol–water partition coefficient (Wildman–Crippen LogP) is 1.50. The second kappa shape index (κ2) is 8.76. The first-order chi connectivity index (χ1) is 10.7. The maximum atomic E-state index is 11.7. The van der Waals surface area contributed by atoms with Crippen molar-refractivity contribution < 1.29 is 9.90 Å². The second-order valence-corrected chi connectivity index (χ2v) is 5.77. The number of fused-ring (bicyclic) bond motifs is 1. The molecule has 0 radical (unpaired) electrons. The molecule has 0 aliphatic carbocycles. The van der Waals surface area contributed by atoms with E-state index in [9.17, 15) is 4.79 Å². The van der Waals surface area contributed by atoms with Crippen LogP contribution in [0.15, 0.2) is 24.3 Å². The van der Waals surface area contributed by atoms with Gasteiger partial charge in [0, 0.05) is 38.8 Å². The highest BCUT2D eigenvalue weighted by molar-refractivity contribution is 5.73. The summed E-state index contributed by atoms with van der Waals surface area (Å²) in [4.78, 5) is 14.2. The molecule has 1 aliphatic rings. The Labute approximate surface area is 132 Å². The van der Waals surface area contributed by atoms with Gasteiger partial charge in [-0.25, -0.2) is 4.79 Å². The molecular formula is C17H27N3O2. The molecule has 1 heterocycles. The lowest BCUT2D eigenvalue weighted by Crippen LogP contribution is -2.47. The molecule has 5 heteroatoms. The Hall–Kier alpha value is -1.59. The molecule has 1 atom stereocenters. The third kappa shape index (κ3) is 4.71. The van der Waals surface area contributed by atoms with Crippen LogP contribution in [0.3, 0.4) is 0 Å². The van der Waals surface area contributed by atoms with Crippen molar-refractivity contribution in [3.05, 3.63) is 35.4 Å². The Kier molecular flexibility index (Phi) is 6.68. The van der Waals surface area contributed by atoms with Gasteiger partial charge in [0.1, 0.15) is 0 Å². The Morgan fingerprint density at radius 1 is 1.32 bits per heavy atom. The molecule has 0 bridgehead atoms. The molecule has 1 aromatic rings. The Morgan fingerprint density at radius 2 is 2.09 bits per heavy atom. The summed E-state index contributed by atoms with van der Waals surface area (Å²) in [5, 5.41) is 14.4. The largest absolute Gasteiger partial charge is 0.396 e. The minimum atomic E-state index is -0.149. The summed E-state index contributed by atoms with van der Waals surface area (Å²) in [6, 6.07) is 8.81. The molecule has 0 spiro atoms. The highest BCUT2D eigenvalue weighted by atomic mass is 16.3. The summed E-state index contributed by atoms with van der Waals surface area (Å²) in [5.74, 6) is 0. The lowest BCUT2D eigenvalue weighted by molar-refractivity contribution is 0.169. The van der Waals surface area contributed by atoms with Crippen LogP contribution in [-0.4, -0.2) is 48.3 Å². The van der Waals surface area contributed by atoms with Gasteiger partial charge in [-0.15, -0.1) is 0 Å². The van der Waals surface area contributed by atoms with Gasteiger partial charge < -0.3 is 15.7 Å². The molecule has 0 saturated heterocycles. The molecular weight excluding hydrogens is 278 g/mol. The zero-order valence-corrected chi connectivity index (χ0v) is 13.3. The van der Waals surface area contributed by atoms with Crippen molar-refractivity contribution in [2.75, 3.05) is 26.2 Å². The van der Waals surface area contributed by atoms with E-state index in [1.807, 2.05) is 0 Å². The van der Waals surface area contributed by atoms with Crippen molar-refractivity contribution in [3.8, 4) is 0 Å². The van der Waals surface area contributed by atoms with Crippen molar-refractivity contribution in [1.82, 2.24) is 15.5 Å². The molecule has 2 rings (SSSR count). The van der Waals surface area contributed by atoms with Crippen LogP contribution in [0.1, 0.15) is 30.9 Å². The summed E-state index contributed by atoms with van der Waals surface area (Å²) < 4.78 is 0. The number of nitrogens with zero attached hydrogens (tertiary/aromatic N) is 1. The molecule has 1 aliphatic heterocycles. The van der Waals surface area contributed by atoms with Gasteiger partial charge in [-0.05, 0) is 30.4 Å². The minimum Gasteiger partial charge on any atom is -0.396 e. The third-order valence-corrected chi connectivity index (χ3v) is 4.27. The maximum Gasteiger partial charge on any atom is 0.314 e. The highest BCUT2D eigenvalue weighted by Crippen LogP contribution is 2.20. The summed E-state index contributed by atoms with van der Waals surface area (Å²) in [7, 11) is 0. The molecule has 22 heavy (non-hydrogen) atoms. The zero-order chi connectivity index (χ0) is 15.8. The number of hydrogen-bond acceptors (Lipinski definition) is 3. The van der Waals surface area contributed by atoms with Gasteiger partial charge >= 0.3 is 6.03 Å². The van der Waals surface area contributed by atoms with Gasteiger partial charge in [0.2, 0.25) is 0 Å². The Balaban J connectivity index is 1.81. The van der Waals surface area contributed by atoms with E-state index in [4.69, 9.17) is 5.11 Å². The first kappa shape index (κ1) is 16.8. The van der Waals surface area contributed by atoms with E-state index in [0.29, 0.717) is 25.6 Å². The van der Waals surface area contributed by atoms with Gasteiger partial charge in [0.15, 0.2) is 0 Å². The van der Waals surface area contributed by atoms with Crippen molar-refractivity contribution >= 4 is 6.03 Å². The normalized spacial score (nSPS) is 15.9. The first-order valence-electron chi connectivity index (χ1n) is 8.18. The van der Waals surface area contributed by atoms with Crippen LogP contribution in [0, 0.1) is 0 Å². The van der Waals surface area contributed by atoms with E-state index in [2.05, 4.69) is 46.7 Å². The lowest BCUT2D eigenvalue weighted by atomic mass is 9.98. The van der Waals surface area contributed by atoms with E-state index >= 15 is 0 Å². The molecule has 0 aromatic heterocycles. The standard InChI is InChI=1S/C17H27N3O2/c1-2-16(12-19-17(22)18-9-5-11-21)20-10-8-14-6-3-4-7-15(14)13-20/h3-4,6-7,16,21H,2,5,8-13H2,1H3,(H2,18,19,22). The van der Waals surface area contributed by atoms with E-state index in [1.54, 1.807) is 0 Å². The first-order valence-corrected chi connectivity index (χ1v) is 8.18. The number of amides is 2. The molecule has 1 unspecified atom stereocenters. The molecule has 2 amide bonds. The minimum absolute atomic E-state index is 0.102. The van der Waals surface area contributed by atoms with Crippen molar-refractivity contribution in [2.24, 2.45) is 0 Å². The van der Waals surface area contributed by atoms with Crippen LogP contribution in [0.25, 0.3) is 0 Å². The zero-order valence-electron chi connectivity index (χ0n) is 13.3. The van der Waals surface area contributed by atoms with Crippen molar-refractivity contribution in [1.29, 1.82) is 0 Å². The smallest absolute Gasteiger partial charge is 0.314 e. The predicted molar refractivity (Wildman–Crippen MR) is 87.7 cm³/mol. The number of benzene rings is 1. The number of carbonyl (C=O) groups excluding carboxylic acids is 1. The highest BCUT2D eigenvalue weighted by Gasteiger charge is 2.22. The molecule has 3 N–H and O–H groups in total. The SMILES string of the molecule is CCC(CNC(=O)NCCCO)N1CCc2ccccc2C1. The van der Waals surface area contributed by atoms with E-state index in [0.717, 1.165) is 25.9 Å². The summed E-state index contributed by atoms with van der Waals surface area (Å²) in [5.41, 5.74) is 2.85. The Morgan fingerprint density at radius 3 is 2.82 bits per heavy atom. The monoisotopic (exact) mass is 305 g/mol. The fraction of sp³-hybridized carbons (Fsp3) is 0.588. The van der Waals surface area contributed by atoms with Gasteiger partial charge in [-0.3, -0.25) is 4.90 Å². The van der Waals surface area contributed by atoms with Crippen LogP contribution in [-0.2, 0) is 13.0 Å².